The maximum Gasteiger partial charge on any atom is 0.142 e. The molecule has 0 spiro atoms. The summed E-state index contributed by atoms with van der Waals surface area (Å²) in [5, 5.41) is 15.0. The first kappa shape index (κ1) is 15.3. The Bertz CT molecular complexity index is 628. The molecule has 1 aromatic carbocycles. The van der Waals surface area contributed by atoms with E-state index in [0.717, 1.165) is 5.69 Å². The predicted molar refractivity (Wildman–Crippen MR) is 77.7 cm³/mol. The molecule has 1 heterocycles. The van der Waals surface area contributed by atoms with Gasteiger partial charge in [-0.1, -0.05) is 42.3 Å². The molecule has 20 heavy (non-hydrogen) atoms. The topological polar surface area (TPSA) is 38.0 Å². The quantitative estimate of drug-likeness (QED) is 0.933. The third-order valence-electron chi connectivity index (χ3n) is 3.23. The van der Waals surface area contributed by atoms with Crippen LogP contribution in [0.25, 0.3) is 0 Å². The zero-order valence-electron chi connectivity index (χ0n) is 11.2. The number of halogens is 3. The van der Waals surface area contributed by atoms with Crippen LogP contribution in [0.4, 0.5) is 4.39 Å². The molecule has 0 aliphatic heterocycles. The number of aliphatic hydroxyl groups excluding tert-OH is 1. The van der Waals surface area contributed by atoms with Gasteiger partial charge >= 0.3 is 0 Å². The van der Waals surface area contributed by atoms with E-state index >= 15 is 0 Å². The summed E-state index contributed by atoms with van der Waals surface area (Å²) in [5.41, 5.74) is 1.83. The highest BCUT2D eigenvalue weighted by molar-refractivity contribution is 6.32. The molecule has 0 bridgehead atoms. The van der Waals surface area contributed by atoms with E-state index in [2.05, 4.69) is 5.10 Å². The Morgan fingerprint density at radius 2 is 2.05 bits per heavy atom. The average molecular weight is 317 g/mol. The van der Waals surface area contributed by atoms with Gasteiger partial charge in [-0.05, 0) is 12.5 Å². The van der Waals surface area contributed by atoms with E-state index in [9.17, 15) is 9.50 Å². The lowest BCUT2D eigenvalue weighted by Gasteiger charge is -2.13. The van der Waals surface area contributed by atoms with Gasteiger partial charge in [0.15, 0.2) is 0 Å². The van der Waals surface area contributed by atoms with Crippen molar-refractivity contribution in [2.45, 2.75) is 25.9 Å². The monoisotopic (exact) mass is 316 g/mol. The predicted octanol–water partition coefficient (Wildman–Crippen LogP) is 3.70. The van der Waals surface area contributed by atoms with Crippen molar-refractivity contribution in [3.8, 4) is 0 Å². The maximum atomic E-state index is 13.4. The number of aromatic nitrogens is 2. The van der Waals surface area contributed by atoms with Crippen LogP contribution in [-0.4, -0.2) is 14.9 Å². The molecule has 0 radical (unpaired) electrons. The number of aliphatic hydroxyl groups is 1. The van der Waals surface area contributed by atoms with E-state index in [1.807, 2.05) is 6.92 Å². The Hall–Kier alpha value is -1.10. The van der Waals surface area contributed by atoms with Crippen molar-refractivity contribution >= 4 is 23.2 Å². The summed E-state index contributed by atoms with van der Waals surface area (Å²) in [4.78, 5) is 0. The lowest BCUT2D eigenvalue weighted by Crippen LogP contribution is -2.08. The third-order valence-corrected chi connectivity index (χ3v) is 4.07. The lowest BCUT2D eigenvalue weighted by molar-refractivity contribution is 0.175. The summed E-state index contributed by atoms with van der Waals surface area (Å²) >= 11 is 12.1. The number of rotatable bonds is 4. The molecular formula is C14H15Cl2FN2O. The summed E-state index contributed by atoms with van der Waals surface area (Å²) in [5.74, 6) is -0.548. The fourth-order valence-corrected chi connectivity index (χ4v) is 2.74. The van der Waals surface area contributed by atoms with Crippen LogP contribution in [0.15, 0.2) is 18.2 Å². The van der Waals surface area contributed by atoms with E-state index in [1.165, 1.54) is 12.1 Å². The first-order valence-corrected chi connectivity index (χ1v) is 7.03. The second kappa shape index (κ2) is 6.12. The molecule has 0 aliphatic carbocycles. The second-order valence-corrected chi connectivity index (χ2v) is 5.30. The van der Waals surface area contributed by atoms with Gasteiger partial charge in [-0.2, -0.15) is 5.10 Å². The van der Waals surface area contributed by atoms with E-state index in [0.29, 0.717) is 22.7 Å². The van der Waals surface area contributed by atoms with Gasteiger partial charge in [0.2, 0.25) is 0 Å². The van der Waals surface area contributed by atoms with E-state index in [4.69, 9.17) is 23.2 Å². The molecule has 108 valence electrons. The molecule has 6 heteroatoms. The summed E-state index contributed by atoms with van der Waals surface area (Å²) in [6, 6.07) is 4.37. The molecule has 2 rings (SSSR count). The number of nitrogens with zero attached hydrogens (tertiary/aromatic N) is 2. The van der Waals surface area contributed by atoms with Gasteiger partial charge in [-0.3, -0.25) is 4.68 Å². The van der Waals surface area contributed by atoms with Crippen molar-refractivity contribution in [2.24, 2.45) is 7.05 Å². The summed E-state index contributed by atoms with van der Waals surface area (Å²) in [7, 11) is 1.76. The van der Waals surface area contributed by atoms with Crippen molar-refractivity contribution in [2.75, 3.05) is 0 Å². The normalized spacial score (nSPS) is 12.7. The smallest absolute Gasteiger partial charge is 0.142 e. The van der Waals surface area contributed by atoms with Crippen molar-refractivity contribution in [3.05, 3.63) is 51.0 Å². The van der Waals surface area contributed by atoms with Gasteiger partial charge in [-0.25, -0.2) is 4.39 Å². The largest absolute Gasteiger partial charge is 0.388 e. The highest BCUT2D eigenvalue weighted by Crippen LogP contribution is 2.30. The zero-order chi connectivity index (χ0) is 14.9. The van der Waals surface area contributed by atoms with Crippen LogP contribution < -0.4 is 0 Å². The SMILES string of the molecule is CCc1nn(C)c(CC(O)c2cccc(F)c2Cl)c1Cl. The van der Waals surface area contributed by atoms with Crippen molar-refractivity contribution in [3.63, 3.8) is 0 Å². The molecular weight excluding hydrogens is 302 g/mol. The van der Waals surface area contributed by atoms with E-state index in [1.54, 1.807) is 17.8 Å². The number of benzene rings is 1. The van der Waals surface area contributed by atoms with Gasteiger partial charge < -0.3 is 5.11 Å². The Kier molecular flexibility index (Phi) is 4.68. The zero-order valence-corrected chi connectivity index (χ0v) is 12.7. The van der Waals surface area contributed by atoms with Crippen LogP contribution >= 0.6 is 23.2 Å². The molecule has 0 aliphatic rings. The van der Waals surface area contributed by atoms with Crippen LogP contribution in [0, 0.1) is 5.82 Å². The van der Waals surface area contributed by atoms with Gasteiger partial charge in [0.25, 0.3) is 0 Å². The minimum Gasteiger partial charge on any atom is -0.388 e. The van der Waals surface area contributed by atoms with E-state index < -0.39 is 11.9 Å². The minimum atomic E-state index is -0.934. The molecule has 1 atom stereocenters. The first-order valence-electron chi connectivity index (χ1n) is 6.27. The standard InChI is InChI=1S/C14H15Cl2FN2O/c1-3-10-14(16)11(19(2)18-10)7-12(20)8-5-4-6-9(17)13(8)15/h4-6,12,20H,3,7H2,1-2H3. The highest BCUT2D eigenvalue weighted by atomic mass is 35.5. The van der Waals surface area contributed by atoms with Gasteiger partial charge in [0.1, 0.15) is 5.82 Å². The van der Waals surface area contributed by atoms with Gasteiger partial charge in [-0.15, -0.1) is 0 Å². The third kappa shape index (κ3) is 2.82. The molecule has 0 fully saturated rings. The molecule has 0 saturated carbocycles. The summed E-state index contributed by atoms with van der Waals surface area (Å²) in [6.07, 6.45) is 0.00504. The number of hydrogen-bond acceptors (Lipinski definition) is 2. The highest BCUT2D eigenvalue weighted by Gasteiger charge is 2.20. The Labute approximate surface area is 126 Å². The van der Waals surface area contributed by atoms with Crippen molar-refractivity contribution < 1.29 is 9.50 Å². The molecule has 3 nitrogen and oxygen atoms in total. The Morgan fingerprint density at radius 1 is 1.35 bits per heavy atom. The van der Waals surface area contributed by atoms with Crippen LogP contribution in [-0.2, 0) is 19.9 Å². The molecule has 0 amide bonds. The molecule has 1 aromatic heterocycles. The Balaban J connectivity index is 2.30. The average Bonchev–Trinajstić information content (AvgIpc) is 2.69. The maximum absolute atomic E-state index is 13.4. The van der Waals surface area contributed by atoms with Crippen molar-refractivity contribution in [1.29, 1.82) is 0 Å². The molecule has 1 unspecified atom stereocenters. The number of aryl methyl sites for hydroxylation is 2. The summed E-state index contributed by atoms with van der Waals surface area (Å²) in [6.45, 7) is 1.96. The van der Waals surface area contributed by atoms with Gasteiger partial charge in [0, 0.05) is 19.0 Å². The second-order valence-electron chi connectivity index (χ2n) is 4.55. The van der Waals surface area contributed by atoms with Crippen LogP contribution in [0.2, 0.25) is 10.0 Å². The number of hydrogen-bond donors (Lipinski definition) is 1. The van der Waals surface area contributed by atoms with Crippen LogP contribution in [0.1, 0.15) is 30.0 Å². The Morgan fingerprint density at radius 3 is 2.65 bits per heavy atom. The summed E-state index contributed by atoms with van der Waals surface area (Å²) < 4.78 is 15.0. The first-order chi connectivity index (χ1) is 9.45. The molecule has 2 aromatic rings. The van der Waals surface area contributed by atoms with Crippen molar-refractivity contribution in [1.82, 2.24) is 9.78 Å². The molecule has 0 saturated heterocycles. The minimum absolute atomic E-state index is 0.0611. The fourth-order valence-electron chi connectivity index (χ4n) is 2.11. The fraction of sp³-hybridized carbons (Fsp3) is 0.357. The van der Waals surface area contributed by atoms with Gasteiger partial charge in [0.05, 0.1) is 27.5 Å². The van der Waals surface area contributed by atoms with Crippen LogP contribution in [0.5, 0.6) is 0 Å². The molecule has 1 N–H and O–H groups in total. The van der Waals surface area contributed by atoms with Crippen LogP contribution in [0.3, 0.4) is 0 Å². The lowest BCUT2D eigenvalue weighted by atomic mass is 10.0. The van der Waals surface area contributed by atoms with E-state index in [-0.39, 0.29) is 11.4 Å².